The van der Waals surface area contributed by atoms with E-state index >= 15 is 0 Å². The van der Waals surface area contributed by atoms with Crippen molar-refractivity contribution in [3.05, 3.63) is 59.2 Å². The van der Waals surface area contributed by atoms with Crippen molar-refractivity contribution < 1.29 is 23.1 Å². The molecule has 2 heterocycles. The molecule has 0 radical (unpaired) electrons. The third kappa shape index (κ3) is 3.68. The number of alkyl halides is 1. The Morgan fingerprint density at radius 3 is 2.90 bits per heavy atom. The van der Waals surface area contributed by atoms with Gasteiger partial charge in [0.05, 0.1) is 11.4 Å². The number of ether oxygens (including phenoxy) is 1. The first-order valence-electron chi connectivity index (χ1n) is 8.62. The summed E-state index contributed by atoms with van der Waals surface area (Å²) < 4.78 is 34.2. The summed E-state index contributed by atoms with van der Waals surface area (Å²) in [5, 5.41) is 6.96. The number of anilines is 2. The van der Waals surface area contributed by atoms with Crippen molar-refractivity contribution in [2.24, 2.45) is 0 Å². The van der Waals surface area contributed by atoms with E-state index in [0.717, 1.165) is 24.3 Å². The Bertz CT molecular complexity index is 1110. The van der Waals surface area contributed by atoms with Crippen LogP contribution < -0.4 is 15.4 Å². The van der Waals surface area contributed by atoms with E-state index in [-0.39, 0.29) is 23.2 Å². The molecule has 1 unspecified atom stereocenters. The molecule has 3 aromatic rings. The molecule has 4 rings (SSSR count). The first-order chi connectivity index (χ1) is 13.8. The van der Waals surface area contributed by atoms with Crippen LogP contribution in [0.5, 0.6) is 5.75 Å². The molecule has 2 amide bonds. The molecule has 9 heteroatoms. The monoisotopic (exact) mass is 415 g/mol. The van der Waals surface area contributed by atoms with Gasteiger partial charge in [-0.2, -0.15) is 0 Å². The largest absolute Gasteiger partial charge is 0.482 e. The number of thiazole rings is 1. The highest BCUT2D eigenvalue weighted by Gasteiger charge is 2.38. The summed E-state index contributed by atoms with van der Waals surface area (Å²) in [6, 6.07) is 10.4. The minimum Gasteiger partial charge on any atom is -0.482 e. The number of amides is 2. The molecule has 6 nitrogen and oxygen atoms in total. The second kappa shape index (κ2) is 7.25. The van der Waals surface area contributed by atoms with Gasteiger partial charge in [-0.1, -0.05) is 18.2 Å². The molecular formula is C20H15F2N3O3S. The molecule has 29 heavy (non-hydrogen) atoms. The van der Waals surface area contributed by atoms with Gasteiger partial charge in [0.1, 0.15) is 11.6 Å². The fourth-order valence-corrected chi connectivity index (χ4v) is 3.60. The molecule has 148 valence electrons. The predicted molar refractivity (Wildman–Crippen MR) is 105 cm³/mol. The summed E-state index contributed by atoms with van der Waals surface area (Å²) in [4.78, 5) is 28.2. The van der Waals surface area contributed by atoms with Gasteiger partial charge in [0.25, 0.3) is 11.8 Å². The zero-order valence-corrected chi connectivity index (χ0v) is 16.0. The number of benzene rings is 2. The Kier molecular flexibility index (Phi) is 4.75. The van der Waals surface area contributed by atoms with Gasteiger partial charge in [0.2, 0.25) is 5.67 Å². The van der Waals surface area contributed by atoms with E-state index in [4.69, 9.17) is 4.74 Å². The molecule has 0 saturated carbocycles. The fourth-order valence-electron chi connectivity index (χ4n) is 2.88. The fraction of sp³-hybridized carbons (Fsp3) is 0.150. The van der Waals surface area contributed by atoms with Crippen molar-refractivity contribution in [3.8, 4) is 17.0 Å². The van der Waals surface area contributed by atoms with Gasteiger partial charge >= 0.3 is 0 Å². The molecule has 0 saturated heterocycles. The van der Waals surface area contributed by atoms with Gasteiger partial charge in [0.15, 0.2) is 11.7 Å². The van der Waals surface area contributed by atoms with E-state index < -0.39 is 17.4 Å². The Morgan fingerprint density at radius 1 is 1.31 bits per heavy atom. The lowest BCUT2D eigenvalue weighted by atomic mass is 9.96. The van der Waals surface area contributed by atoms with Crippen molar-refractivity contribution in [3.63, 3.8) is 0 Å². The number of carbonyl (C=O) groups excluding carboxylic acids is 2. The van der Waals surface area contributed by atoms with Crippen LogP contribution in [0.1, 0.15) is 12.5 Å². The lowest BCUT2D eigenvalue weighted by Gasteiger charge is -2.19. The average Bonchev–Trinajstić information content (AvgIpc) is 3.16. The third-order valence-corrected chi connectivity index (χ3v) is 5.20. The number of hydrogen-bond acceptors (Lipinski definition) is 5. The molecule has 1 aromatic heterocycles. The topological polar surface area (TPSA) is 80.3 Å². The molecule has 0 fully saturated rings. The van der Waals surface area contributed by atoms with Crippen molar-refractivity contribution in [2.75, 3.05) is 17.2 Å². The minimum absolute atomic E-state index is 0.0385. The molecule has 2 aromatic carbocycles. The Labute approximate surface area is 168 Å². The van der Waals surface area contributed by atoms with Crippen molar-refractivity contribution >= 4 is 34.0 Å². The van der Waals surface area contributed by atoms with Gasteiger partial charge in [-0.25, -0.2) is 13.8 Å². The second-order valence-electron chi connectivity index (χ2n) is 6.52. The maximum Gasteiger partial charge on any atom is 0.268 e. The highest BCUT2D eigenvalue weighted by molar-refractivity contribution is 7.14. The number of nitrogens with zero attached hydrogens (tertiary/aromatic N) is 1. The van der Waals surface area contributed by atoms with Crippen LogP contribution in [0, 0.1) is 5.82 Å². The minimum atomic E-state index is -2.56. The first-order valence-corrected chi connectivity index (χ1v) is 9.50. The van der Waals surface area contributed by atoms with Crippen molar-refractivity contribution in [2.45, 2.75) is 12.6 Å². The van der Waals surface area contributed by atoms with Crippen LogP contribution in [0.2, 0.25) is 0 Å². The molecule has 2 N–H and O–H groups in total. The van der Waals surface area contributed by atoms with Gasteiger partial charge in [0, 0.05) is 16.5 Å². The van der Waals surface area contributed by atoms with E-state index in [1.807, 2.05) is 0 Å². The second-order valence-corrected chi connectivity index (χ2v) is 7.38. The SMILES string of the molecule is CC(F)(C(=O)Nc1nc(-c2ccc3c(c2)NC(=O)CO3)cs1)c1ccccc1F. The van der Waals surface area contributed by atoms with Gasteiger partial charge in [-0.3, -0.25) is 14.9 Å². The van der Waals surface area contributed by atoms with Crippen molar-refractivity contribution in [1.82, 2.24) is 4.98 Å². The Hall–Kier alpha value is -3.33. The summed E-state index contributed by atoms with van der Waals surface area (Å²) in [5.74, 6) is -1.52. The molecule has 0 aliphatic carbocycles. The lowest BCUT2D eigenvalue weighted by Crippen LogP contribution is -2.34. The number of aromatic nitrogens is 1. The number of hydrogen-bond donors (Lipinski definition) is 2. The van der Waals surface area contributed by atoms with Crippen LogP contribution in [0.25, 0.3) is 11.3 Å². The average molecular weight is 415 g/mol. The van der Waals surface area contributed by atoms with E-state index in [0.29, 0.717) is 22.7 Å². The van der Waals surface area contributed by atoms with Crippen LogP contribution in [-0.2, 0) is 15.3 Å². The zero-order chi connectivity index (χ0) is 20.6. The van der Waals surface area contributed by atoms with E-state index in [1.54, 1.807) is 23.6 Å². The smallest absolute Gasteiger partial charge is 0.268 e. The summed E-state index contributed by atoms with van der Waals surface area (Å²) in [6.07, 6.45) is 0. The molecule has 1 aliphatic rings. The molecule has 1 aliphatic heterocycles. The maximum absolute atomic E-state index is 15.0. The van der Waals surface area contributed by atoms with Gasteiger partial charge < -0.3 is 10.1 Å². The summed E-state index contributed by atoms with van der Waals surface area (Å²) in [6.45, 7) is 0.963. The van der Waals surface area contributed by atoms with Crippen LogP contribution in [0.3, 0.4) is 0 Å². The number of nitrogens with one attached hydrogen (secondary N) is 2. The zero-order valence-electron chi connectivity index (χ0n) is 15.2. The molecule has 0 bridgehead atoms. The van der Waals surface area contributed by atoms with Crippen LogP contribution >= 0.6 is 11.3 Å². The molecule has 1 atom stereocenters. The Morgan fingerprint density at radius 2 is 2.10 bits per heavy atom. The van der Waals surface area contributed by atoms with E-state index in [1.165, 1.54) is 18.2 Å². The maximum atomic E-state index is 15.0. The number of carbonyl (C=O) groups is 2. The van der Waals surface area contributed by atoms with Crippen LogP contribution in [0.15, 0.2) is 47.8 Å². The summed E-state index contributed by atoms with van der Waals surface area (Å²) in [7, 11) is 0. The molecule has 0 spiro atoms. The van der Waals surface area contributed by atoms with E-state index in [2.05, 4.69) is 15.6 Å². The highest BCUT2D eigenvalue weighted by atomic mass is 32.1. The number of rotatable bonds is 4. The molecular weight excluding hydrogens is 400 g/mol. The first kappa shape index (κ1) is 19.0. The summed E-state index contributed by atoms with van der Waals surface area (Å²) in [5.41, 5.74) is -1.18. The standard InChI is InChI=1S/C20H15F2N3O3S/c1-20(22,12-4-2-3-5-13(12)21)18(27)25-19-24-15(10-29-19)11-6-7-16-14(8-11)23-17(26)9-28-16/h2-8,10H,9H2,1H3,(H,23,26)(H,24,25,27). The van der Waals surface area contributed by atoms with Crippen LogP contribution in [-0.4, -0.2) is 23.4 Å². The van der Waals surface area contributed by atoms with Crippen LogP contribution in [0.4, 0.5) is 19.6 Å². The third-order valence-electron chi connectivity index (χ3n) is 4.44. The number of halogens is 2. The Balaban J connectivity index is 1.54. The summed E-state index contributed by atoms with van der Waals surface area (Å²) >= 11 is 1.10. The van der Waals surface area contributed by atoms with Gasteiger partial charge in [-0.05, 0) is 31.2 Å². The quantitative estimate of drug-likeness (QED) is 0.672. The number of fused-ring (bicyclic) bond motifs is 1. The predicted octanol–water partition coefficient (Wildman–Crippen LogP) is 4.10. The van der Waals surface area contributed by atoms with Gasteiger partial charge in [-0.15, -0.1) is 11.3 Å². The normalized spacial score (nSPS) is 14.9. The highest BCUT2D eigenvalue weighted by Crippen LogP contribution is 2.35. The lowest BCUT2D eigenvalue weighted by molar-refractivity contribution is -0.127. The van der Waals surface area contributed by atoms with Crippen molar-refractivity contribution in [1.29, 1.82) is 0 Å². The van der Waals surface area contributed by atoms with E-state index in [9.17, 15) is 18.4 Å².